The fraction of sp³-hybridized carbons (Fsp3) is 0.273. The van der Waals surface area contributed by atoms with Crippen LogP contribution in [0.5, 0.6) is 11.5 Å². The molecule has 0 unspecified atom stereocenters. The van der Waals surface area contributed by atoms with E-state index in [1.54, 1.807) is 0 Å². The molecule has 0 saturated carbocycles. The summed E-state index contributed by atoms with van der Waals surface area (Å²) in [6.45, 7) is 0.765. The summed E-state index contributed by atoms with van der Waals surface area (Å²) < 4.78 is 8.51. The second-order valence-corrected chi connectivity index (χ2v) is 7.52. The van der Waals surface area contributed by atoms with Crippen LogP contribution in [0.4, 0.5) is 10.7 Å². The van der Waals surface area contributed by atoms with E-state index in [1.165, 1.54) is 11.5 Å². The summed E-state index contributed by atoms with van der Waals surface area (Å²) in [5.41, 5.74) is 7.00. The minimum absolute atomic E-state index is 0.212. The van der Waals surface area contributed by atoms with Crippen LogP contribution in [0.1, 0.15) is 31.2 Å². The molecule has 0 spiro atoms. The summed E-state index contributed by atoms with van der Waals surface area (Å²) in [4.78, 5) is 16.6. The number of nitrogens with two attached hydrogens (primary N) is 1. The zero-order chi connectivity index (χ0) is 21.2. The van der Waals surface area contributed by atoms with E-state index in [0.717, 1.165) is 42.9 Å². The molecule has 3 rings (SSSR count). The van der Waals surface area contributed by atoms with Crippen LogP contribution in [0.25, 0.3) is 0 Å². The van der Waals surface area contributed by atoms with Crippen LogP contribution < -0.4 is 21.3 Å². The second-order valence-electron chi connectivity index (χ2n) is 6.71. The van der Waals surface area contributed by atoms with Gasteiger partial charge in [-0.05, 0) is 60.8 Å². The molecule has 5 N–H and O–H groups in total. The van der Waals surface area contributed by atoms with E-state index in [4.69, 9.17) is 15.6 Å². The molecule has 0 aliphatic heterocycles. The Hall–Kier alpha value is -3.10. The van der Waals surface area contributed by atoms with Crippen molar-refractivity contribution in [3.8, 4) is 11.5 Å². The van der Waals surface area contributed by atoms with Gasteiger partial charge in [0.2, 0.25) is 0 Å². The molecule has 7 nitrogen and oxygen atoms in total. The predicted octanol–water partition coefficient (Wildman–Crippen LogP) is 4.23. The number of benzene rings is 2. The molecular weight excluding hydrogens is 400 g/mol. The molecule has 158 valence electrons. The number of rotatable bonds is 11. The number of anilines is 2. The zero-order valence-corrected chi connectivity index (χ0v) is 17.5. The van der Waals surface area contributed by atoms with Crippen molar-refractivity contribution in [3.63, 3.8) is 0 Å². The molecule has 3 aromatic rings. The van der Waals surface area contributed by atoms with Crippen molar-refractivity contribution in [2.24, 2.45) is 10.7 Å². The molecule has 0 radical (unpaired) electrons. The molecule has 0 amide bonds. The molecule has 0 bridgehead atoms. The summed E-state index contributed by atoms with van der Waals surface area (Å²) in [5.74, 6) is 1.72. The van der Waals surface area contributed by atoms with Crippen LogP contribution >= 0.6 is 11.5 Å². The third-order valence-electron chi connectivity index (χ3n) is 4.40. The number of aromatic amines is 1. The number of aromatic nitrogens is 1. The number of aliphatic hydroxyl groups excluding tert-OH is 1. The third kappa shape index (κ3) is 6.20. The topological polar surface area (TPSA) is 113 Å². The number of amidine groups is 1. The van der Waals surface area contributed by atoms with Crippen molar-refractivity contribution >= 4 is 28.1 Å². The maximum Gasteiger partial charge on any atom is 0.271 e. The molecule has 2 aromatic carbocycles. The lowest BCUT2D eigenvalue weighted by Gasteiger charge is -2.08. The van der Waals surface area contributed by atoms with Gasteiger partial charge >= 0.3 is 0 Å². The number of aliphatic hydroxyl groups is 1. The van der Waals surface area contributed by atoms with Crippen LogP contribution in [0.2, 0.25) is 0 Å². The first-order chi connectivity index (χ1) is 14.7. The first kappa shape index (κ1) is 21.6. The number of nitrogens with zero attached hydrogens (tertiary/aromatic N) is 1. The van der Waals surface area contributed by atoms with E-state index >= 15 is 0 Å². The van der Waals surface area contributed by atoms with E-state index < -0.39 is 0 Å². The Morgan fingerprint density at radius 3 is 2.47 bits per heavy atom. The van der Waals surface area contributed by atoms with Gasteiger partial charge in [-0.15, -0.1) is 0 Å². The van der Waals surface area contributed by atoms with Gasteiger partial charge in [0.25, 0.3) is 5.56 Å². The van der Waals surface area contributed by atoms with Crippen LogP contribution in [-0.2, 0) is 0 Å². The number of aliphatic imine (C=N–C) groups is 1. The molecule has 0 atom stereocenters. The SMILES string of the molecule is NC(=NCCCCCCO)c1c(Nc2ccc(Oc3ccccc3)cc2)s[nH]c1=O. The minimum Gasteiger partial charge on any atom is -0.457 e. The van der Waals surface area contributed by atoms with Gasteiger partial charge in [0.15, 0.2) is 0 Å². The predicted molar refractivity (Wildman–Crippen MR) is 122 cm³/mol. The molecule has 0 fully saturated rings. The van der Waals surface area contributed by atoms with E-state index in [2.05, 4.69) is 14.7 Å². The number of para-hydroxylation sites is 1. The smallest absolute Gasteiger partial charge is 0.271 e. The van der Waals surface area contributed by atoms with Gasteiger partial charge in [-0.25, -0.2) is 0 Å². The Balaban J connectivity index is 1.62. The summed E-state index contributed by atoms with van der Waals surface area (Å²) in [6, 6.07) is 17.0. The van der Waals surface area contributed by atoms with Gasteiger partial charge < -0.3 is 20.9 Å². The van der Waals surface area contributed by atoms with Crippen molar-refractivity contribution in [1.82, 2.24) is 4.37 Å². The van der Waals surface area contributed by atoms with E-state index in [0.29, 0.717) is 17.1 Å². The van der Waals surface area contributed by atoms with Crippen molar-refractivity contribution in [2.75, 3.05) is 18.5 Å². The first-order valence-corrected chi connectivity index (χ1v) is 10.7. The highest BCUT2D eigenvalue weighted by molar-refractivity contribution is 7.10. The minimum atomic E-state index is -0.256. The monoisotopic (exact) mass is 426 g/mol. The highest BCUT2D eigenvalue weighted by atomic mass is 32.1. The molecule has 0 saturated heterocycles. The van der Waals surface area contributed by atoms with Crippen LogP contribution in [0.15, 0.2) is 64.4 Å². The molecule has 1 aromatic heterocycles. The quantitative estimate of drug-likeness (QED) is 0.208. The zero-order valence-electron chi connectivity index (χ0n) is 16.6. The van der Waals surface area contributed by atoms with E-state index in [-0.39, 0.29) is 18.0 Å². The van der Waals surface area contributed by atoms with Gasteiger partial charge in [0.1, 0.15) is 27.9 Å². The Morgan fingerprint density at radius 1 is 1.03 bits per heavy atom. The van der Waals surface area contributed by atoms with Crippen LogP contribution in [-0.4, -0.2) is 28.5 Å². The molecule has 1 heterocycles. The Labute approximate surface area is 179 Å². The van der Waals surface area contributed by atoms with Gasteiger partial charge in [-0.1, -0.05) is 31.0 Å². The fourth-order valence-corrected chi connectivity index (χ4v) is 3.61. The number of hydrogen-bond acceptors (Lipinski definition) is 6. The standard InChI is InChI=1S/C22H26N4O3S/c23-20(24-14-6-1-2-7-15-27)19-21(28)26-30-22(19)25-16-10-12-18(13-11-16)29-17-8-4-3-5-9-17/h3-5,8-13,25,27H,1-2,6-7,14-15H2,(H2,23,24)(H,26,28). The summed E-state index contributed by atoms with van der Waals surface area (Å²) >= 11 is 1.19. The number of unbranched alkanes of at least 4 members (excludes halogenated alkanes) is 3. The largest absolute Gasteiger partial charge is 0.457 e. The van der Waals surface area contributed by atoms with Crippen molar-refractivity contribution < 1.29 is 9.84 Å². The Bertz CT molecular complexity index is 997. The van der Waals surface area contributed by atoms with Gasteiger partial charge in [0.05, 0.1) is 0 Å². The number of H-pyrrole nitrogens is 1. The van der Waals surface area contributed by atoms with Gasteiger partial charge in [-0.3, -0.25) is 14.2 Å². The number of hydrogen-bond donors (Lipinski definition) is 4. The molecule has 0 aliphatic rings. The van der Waals surface area contributed by atoms with Crippen LogP contribution in [0, 0.1) is 0 Å². The number of nitrogens with one attached hydrogen (secondary N) is 2. The third-order valence-corrected chi connectivity index (χ3v) is 5.19. The first-order valence-electron chi connectivity index (χ1n) is 9.90. The Morgan fingerprint density at radius 2 is 1.73 bits per heavy atom. The molecule has 30 heavy (non-hydrogen) atoms. The lowest BCUT2D eigenvalue weighted by atomic mass is 10.2. The van der Waals surface area contributed by atoms with Crippen molar-refractivity contribution in [1.29, 1.82) is 0 Å². The average molecular weight is 427 g/mol. The molecule has 0 aliphatic carbocycles. The maximum absolute atomic E-state index is 12.2. The summed E-state index contributed by atoms with van der Waals surface area (Å²) in [7, 11) is 0. The average Bonchev–Trinajstić information content (AvgIpc) is 3.12. The molecular formula is C22H26N4O3S. The van der Waals surface area contributed by atoms with Crippen molar-refractivity contribution in [2.45, 2.75) is 25.7 Å². The van der Waals surface area contributed by atoms with Crippen molar-refractivity contribution in [3.05, 3.63) is 70.5 Å². The van der Waals surface area contributed by atoms with Gasteiger partial charge in [0, 0.05) is 18.8 Å². The lowest BCUT2D eigenvalue weighted by Crippen LogP contribution is -2.22. The number of ether oxygens (including phenoxy) is 1. The van der Waals surface area contributed by atoms with E-state index in [9.17, 15) is 4.79 Å². The maximum atomic E-state index is 12.2. The van der Waals surface area contributed by atoms with Crippen LogP contribution in [0.3, 0.4) is 0 Å². The highest BCUT2D eigenvalue weighted by Crippen LogP contribution is 2.26. The van der Waals surface area contributed by atoms with Gasteiger partial charge in [-0.2, -0.15) is 0 Å². The summed E-state index contributed by atoms with van der Waals surface area (Å²) in [5, 5.41) is 12.7. The normalized spacial score (nSPS) is 11.4. The Kier molecular flexibility index (Phi) is 8.05. The lowest BCUT2D eigenvalue weighted by molar-refractivity contribution is 0.282. The fourth-order valence-electron chi connectivity index (χ4n) is 2.84. The van der Waals surface area contributed by atoms with E-state index in [1.807, 2.05) is 54.6 Å². The second kappa shape index (κ2) is 11.2. The summed E-state index contributed by atoms with van der Waals surface area (Å²) in [6.07, 6.45) is 3.60. The highest BCUT2D eigenvalue weighted by Gasteiger charge is 2.14. The molecule has 8 heteroatoms.